The van der Waals surface area contributed by atoms with E-state index >= 15 is 0 Å². The number of pyridine rings is 1. The number of hydrogen-bond donors (Lipinski definition) is 0. The van der Waals surface area contributed by atoms with Crippen molar-refractivity contribution in [3.63, 3.8) is 0 Å². The van der Waals surface area contributed by atoms with Gasteiger partial charge in [-0.15, -0.1) is 11.6 Å². The van der Waals surface area contributed by atoms with Crippen LogP contribution in [0.25, 0.3) is 10.9 Å². The highest BCUT2D eigenvalue weighted by atomic mass is 79.9. The highest BCUT2D eigenvalue weighted by Gasteiger charge is 2.11. The van der Waals surface area contributed by atoms with Gasteiger partial charge in [0.2, 0.25) is 0 Å². The summed E-state index contributed by atoms with van der Waals surface area (Å²) in [4.78, 5) is 4.22. The van der Waals surface area contributed by atoms with Gasteiger partial charge in [0.1, 0.15) is 5.15 Å². The van der Waals surface area contributed by atoms with Crippen LogP contribution < -0.4 is 0 Å². The molecule has 0 spiro atoms. The average Bonchev–Trinajstić information content (AvgIpc) is 2.20. The molecule has 0 fully saturated rings. The number of aromatic nitrogens is 1. The standard InChI is InChI=1S/C10H5BrCl3N/c11-5-1-2-8-6(3-5)9(13)7(4-12)10(14)15-8/h1-3H,4H2. The molecule has 0 aliphatic rings. The van der Waals surface area contributed by atoms with Gasteiger partial charge in [-0.1, -0.05) is 39.1 Å². The van der Waals surface area contributed by atoms with Crippen LogP contribution in [0.2, 0.25) is 10.2 Å². The van der Waals surface area contributed by atoms with Gasteiger partial charge in [-0.05, 0) is 18.2 Å². The lowest BCUT2D eigenvalue weighted by Crippen LogP contribution is -1.90. The molecular formula is C10H5BrCl3N. The Hall–Kier alpha value is -0.0200. The summed E-state index contributed by atoms with van der Waals surface area (Å²) in [7, 11) is 0. The highest BCUT2D eigenvalue weighted by Crippen LogP contribution is 2.33. The number of benzene rings is 1. The molecule has 1 aromatic heterocycles. The molecular weight excluding hydrogens is 320 g/mol. The maximum absolute atomic E-state index is 6.19. The molecule has 0 saturated carbocycles. The molecule has 0 radical (unpaired) electrons. The first-order chi connectivity index (χ1) is 7.13. The van der Waals surface area contributed by atoms with Crippen molar-refractivity contribution in [3.8, 4) is 0 Å². The largest absolute Gasteiger partial charge is 0.236 e. The van der Waals surface area contributed by atoms with Crippen LogP contribution in [0, 0.1) is 0 Å². The zero-order valence-electron chi connectivity index (χ0n) is 7.40. The lowest BCUT2D eigenvalue weighted by molar-refractivity contribution is 1.30. The second-order valence-corrected chi connectivity index (χ2v) is 4.91. The first-order valence-electron chi connectivity index (χ1n) is 4.12. The molecule has 5 heteroatoms. The van der Waals surface area contributed by atoms with E-state index in [1.165, 1.54) is 0 Å². The summed E-state index contributed by atoms with van der Waals surface area (Å²) < 4.78 is 0.946. The molecule has 0 aliphatic carbocycles. The fraction of sp³-hybridized carbons (Fsp3) is 0.100. The molecule has 1 heterocycles. The summed E-state index contributed by atoms with van der Waals surface area (Å²) in [5, 5.41) is 1.79. The Morgan fingerprint density at radius 3 is 2.67 bits per heavy atom. The van der Waals surface area contributed by atoms with E-state index in [0.717, 1.165) is 15.4 Å². The van der Waals surface area contributed by atoms with Crippen LogP contribution in [0.1, 0.15) is 5.56 Å². The zero-order chi connectivity index (χ0) is 11.0. The smallest absolute Gasteiger partial charge is 0.135 e. The molecule has 1 aromatic carbocycles. The predicted molar refractivity (Wildman–Crippen MR) is 69.0 cm³/mol. The third-order valence-corrected chi connectivity index (χ3v) is 3.57. The van der Waals surface area contributed by atoms with Crippen LogP contribution >= 0.6 is 50.7 Å². The second kappa shape index (κ2) is 4.46. The lowest BCUT2D eigenvalue weighted by Gasteiger charge is -2.07. The number of rotatable bonds is 1. The molecule has 0 unspecified atom stereocenters. The van der Waals surface area contributed by atoms with Crippen molar-refractivity contribution in [2.24, 2.45) is 0 Å². The summed E-state index contributed by atoms with van der Waals surface area (Å²) in [6, 6.07) is 5.65. The predicted octanol–water partition coefficient (Wildman–Crippen LogP) is 5.04. The van der Waals surface area contributed by atoms with E-state index < -0.39 is 0 Å². The topological polar surface area (TPSA) is 12.9 Å². The molecule has 0 atom stereocenters. The summed E-state index contributed by atoms with van der Waals surface area (Å²) in [5.74, 6) is 0.257. The number of hydrogen-bond acceptors (Lipinski definition) is 1. The lowest BCUT2D eigenvalue weighted by atomic mass is 10.2. The quantitative estimate of drug-likeness (QED) is 0.528. The Balaban J connectivity index is 2.86. The van der Waals surface area contributed by atoms with E-state index in [0.29, 0.717) is 15.7 Å². The molecule has 0 amide bonds. The van der Waals surface area contributed by atoms with E-state index in [2.05, 4.69) is 20.9 Å². The molecule has 2 aromatic rings. The van der Waals surface area contributed by atoms with Crippen molar-refractivity contribution in [2.75, 3.05) is 0 Å². The van der Waals surface area contributed by atoms with Gasteiger partial charge < -0.3 is 0 Å². The van der Waals surface area contributed by atoms with Crippen LogP contribution in [-0.2, 0) is 5.88 Å². The Labute approximate surface area is 110 Å². The first-order valence-corrected chi connectivity index (χ1v) is 6.21. The number of halogens is 4. The minimum atomic E-state index is 0.257. The van der Waals surface area contributed by atoms with E-state index in [-0.39, 0.29) is 5.88 Å². The van der Waals surface area contributed by atoms with Gasteiger partial charge in [-0.2, -0.15) is 0 Å². The number of fused-ring (bicyclic) bond motifs is 1. The van der Waals surface area contributed by atoms with E-state index in [4.69, 9.17) is 34.8 Å². The molecule has 0 aliphatic heterocycles. The third-order valence-electron chi connectivity index (χ3n) is 2.06. The van der Waals surface area contributed by atoms with Crippen LogP contribution in [0.3, 0.4) is 0 Å². The Morgan fingerprint density at radius 2 is 2.00 bits per heavy atom. The van der Waals surface area contributed by atoms with E-state index in [1.54, 1.807) is 0 Å². The molecule has 2 rings (SSSR count). The van der Waals surface area contributed by atoms with Gasteiger partial charge in [0.05, 0.1) is 16.4 Å². The van der Waals surface area contributed by atoms with Crippen molar-refractivity contribution in [1.29, 1.82) is 0 Å². The van der Waals surface area contributed by atoms with Gasteiger partial charge in [0.25, 0.3) is 0 Å². The summed E-state index contributed by atoms with van der Waals surface area (Å²) in [6.45, 7) is 0. The molecule has 0 bridgehead atoms. The molecule has 0 N–H and O–H groups in total. The van der Waals surface area contributed by atoms with Crippen molar-refractivity contribution in [3.05, 3.63) is 38.4 Å². The van der Waals surface area contributed by atoms with Crippen LogP contribution in [0.4, 0.5) is 0 Å². The van der Waals surface area contributed by atoms with E-state index in [9.17, 15) is 0 Å². The second-order valence-electron chi connectivity index (χ2n) is 2.99. The Kier molecular flexibility index (Phi) is 3.41. The maximum Gasteiger partial charge on any atom is 0.135 e. The number of alkyl halides is 1. The molecule has 0 saturated heterocycles. The fourth-order valence-electron chi connectivity index (χ4n) is 1.32. The number of nitrogens with zero attached hydrogens (tertiary/aromatic N) is 1. The molecule has 78 valence electrons. The van der Waals surface area contributed by atoms with Gasteiger partial charge >= 0.3 is 0 Å². The Morgan fingerprint density at radius 1 is 1.27 bits per heavy atom. The molecule has 15 heavy (non-hydrogen) atoms. The fourth-order valence-corrected chi connectivity index (χ4v) is 2.69. The summed E-state index contributed by atoms with van der Waals surface area (Å²) >= 11 is 21.3. The Bertz CT molecular complexity index is 528. The monoisotopic (exact) mass is 323 g/mol. The van der Waals surface area contributed by atoms with Crippen molar-refractivity contribution < 1.29 is 0 Å². The minimum Gasteiger partial charge on any atom is -0.236 e. The van der Waals surface area contributed by atoms with Gasteiger partial charge in [0, 0.05) is 15.4 Å². The van der Waals surface area contributed by atoms with Crippen LogP contribution in [-0.4, -0.2) is 4.98 Å². The summed E-state index contributed by atoms with van der Waals surface area (Å²) in [5.41, 5.74) is 1.44. The van der Waals surface area contributed by atoms with Crippen molar-refractivity contribution >= 4 is 61.6 Å². The minimum absolute atomic E-state index is 0.257. The van der Waals surface area contributed by atoms with Gasteiger partial charge in [-0.3, -0.25) is 0 Å². The van der Waals surface area contributed by atoms with Crippen LogP contribution in [0.15, 0.2) is 22.7 Å². The zero-order valence-corrected chi connectivity index (χ0v) is 11.3. The maximum atomic E-state index is 6.19. The normalized spacial score (nSPS) is 10.9. The van der Waals surface area contributed by atoms with Gasteiger partial charge in [0.15, 0.2) is 0 Å². The van der Waals surface area contributed by atoms with Crippen molar-refractivity contribution in [1.82, 2.24) is 4.98 Å². The van der Waals surface area contributed by atoms with Gasteiger partial charge in [-0.25, -0.2) is 4.98 Å². The first kappa shape index (κ1) is 11.5. The molecule has 1 nitrogen and oxygen atoms in total. The SMILES string of the molecule is ClCc1c(Cl)nc2ccc(Br)cc2c1Cl. The highest BCUT2D eigenvalue weighted by molar-refractivity contribution is 9.10. The summed E-state index contributed by atoms with van der Waals surface area (Å²) in [6.07, 6.45) is 0. The van der Waals surface area contributed by atoms with Crippen molar-refractivity contribution in [2.45, 2.75) is 5.88 Å². The van der Waals surface area contributed by atoms with E-state index in [1.807, 2.05) is 18.2 Å². The third kappa shape index (κ3) is 2.09. The van der Waals surface area contributed by atoms with Crippen LogP contribution in [0.5, 0.6) is 0 Å². The average molecular weight is 325 g/mol.